The third-order valence-corrected chi connectivity index (χ3v) is 2.56. The molecule has 0 aliphatic heterocycles. The third-order valence-electron chi connectivity index (χ3n) is 2.02. The number of phenolic OH excluding ortho intramolecular Hbond substituents is 1. The minimum absolute atomic E-state index is 0.0262. The number of phenols is 1. The smallest absolute Gasteiger partial charge is 0.342 e. The van der Waals surface area contributed by atoms with Crippen molar-refractivity contribution in [3.05, 3.63) is 34.5 Å². The summed E-state index contributed by atoms with van der Waals surface area (Å²) in [6.07, 6.45) is 0. The van der Waals surface area contributed by atoms with Gasteiger partial charge in [-0.1, -0.05) is 17.3 Å². The normalized spacial score (nSPS) is 10.3. The van der Waals surface area contributed by atoms with Crippen LogP contribution in [0.2, 0.25) is 0 Å². The van der Waals surface area contributed by atoms with E-state index in [0.29, 0.717) is 5.56 Å². The van der Waals surface area contributed by atoms with E-state index < -0.39 is 5.97 Å². The standard InChI is InChI=1S/C10H6BrNO4/c11-9-7(10(14)15)8(12-16-9)5-3-1-2-4-6(5)13/h1-4,13H,(H,14,15). The summed E-state index contributed by atoms with van der Waals surface area (Å²) in [5.74, 6) is -1.22. The van der Waals surface area contributed by atoms with Gasteiger partial charge >= 0.3 is 5.97 Å². The first-order valence-corrected chi connectivity index (χ1v) is 5.07. The van der Waals surface area contributed by atoms with Crippen molar-refractivity contribution in [1.29, 1.82) is 0 Å². The molecule has 0 amide bonds. The lowest BCUT2D eigenvalue weighted by molar-refractivity contribution is 0.0695. The van der Waals surface area contributed by atoms with E-state index in [2.05, 4.69) is 21.1 Å². The van der Waals surface area contributed by atoms with Gasteiger partial charge in [0.15, 0.2) is 0 Å². The van der Waals surface area contributed by atoms with Crippen molar-refractivity contribution in [3.8, 4) is 17.0 Å². The highest BCUT2D eigenvalue weighted by Crippen LogP contribution is 2.33. The van der Waals surface area contributed by atoms with Gasteiger partial charge in [-0.2, -0.15) is 0 Å². The molecular weight excluding hydrogens is 278 g/mol. The summed E-state index contributed by atoms with van der Waals surface area (Å²) in [4.78, 5) is 11.0. The molecule has 2 N–H and O–H groups in total. The molecule has 16 heavy (non-hydrogen) atoms. The summed E-state index contributed by atoms with van der Waals surface area (Å²) in [5.41, 5.74) is 0.299. The van der Waals surface area contributed by atoms with Crippen LogP contribution in [-0.2, 0) is 0 Å². The quantitative estimate of drug-likeness (QED) is 0.885. The maximum absolute atomic E-state index is 11.0. The Labute approximate surface area is 98.4 Å². The highest BCUT2D eigenvalue weighted by atomic mass is 79.9. The Kier molecular flexibility index (Phi) is 2.66. The summed E-state index contributed by atoms with van der Waals surface area (Å²) in [5, 5.41) is 22.2. The third kappa shape index (κ3) is 1.67. The van der Waals surface area contributed by atoms with E-state index in [-0.39, 0.29) is 21.7 Å². The number of halogens is 1. The zero-order valence-corrected chi connectivity index (χ0v) is 9.43. The van der Waals surface area contributed by atoms with Crippen LogP contribution in [-0.4, -0.2) is 21.3 Å². The molecular formula is C10H6BrNO4. The first-order valence-electron chi connectivity index (χ1n) is 4.28. The van der Waals surface area contributed by atoms with Gasteiger partial charge in [0, 0.05) is 5.56 Å². The van der Waals surface area contributed by atoms with Crippen LogP contribution in [0.1, 0.15) is 10.4 Å². The SMILES string of the molecule is O=C(O)c1c(-c2ccccc2O)noc1Br. The second-order valence-electron chi connectivity index (χ2n) is 3.00. The second-order valence-corrected chi connectivity index (χ2v) is 3.72. The highest BCUT2D eigenvalue weighted by Gasteiger charge is 2.23. The van der Waals surface area contributed by atoms with Crippen molar-refractivity contribution in [2.24, 2.45) is 0 Å². The topological polar surface area (TPSA) is 83.6 Å². The lowest BCUT2D eigenvalue weighted by Crippen LogP contribution is -1.98. The predicted molar refractivity (Wildman–Crippen MR) is 58.3 cm³/mol. The van der Waals surface area contributed by atoms with Gasteiger partial charge in [-0.15, -0.1) is 0 Å². The number of benzene rings is 1. The summed E-state index contributed by atoms with van der Waals surface area (Å²) in [6, 6.07) is 6.31. The van der Waals surface area contributed by atoms with E-state index in [1.165, 1.54) is 6.07 Å². The molecule has 0 aliphatic carbocycles. The summed E-state index contributed by atoms with van der Waals surface area (Å²) in [7, 11) is 0. The Morgan fingerprint density at radius 2 is 2.06 bits per heavy atom. The molecule has 0 atom stereocenters. The van der Waals surface area contributed by atoms with E-state index in [1.807, 2.05) is 0 Å². The van der Waals surface area contributed by atoms with E-state index in [0.717, 1.165) is 0 Å². The number of aromatic hydroxyl groups is 1. The minimum atomic E-state index is -1.17. The number of carbonyl (C=O) groups is 1. The number of carboxylic acids is 1. The number of para-hydroxylation sites is 1. The Hall–Kier alpha value is -1.82. The number of aromatic carboxylic acids is 1. The molecule has 82 valence electrons. The Balaban J connectivity index is 2.66. The molecule has 0 saturated heterocycles. The first kappa shape index (κ1) is 10.7. The van der Waals surface area contributed by atoms with Crippen molar-refractivity contribution in [2.75, 3.05) is 0 Å². The molecule has 1 heterocycles. The first-order chi connectivity index (χ1) is 7.61. The Morgan fingerprint density at radius 3 is 2.69 bits per heavy atom. The predicted octanol–water partition coefficient (Wildman–Crippen LogP) is 2.51. The highest BCUT2D eigenvalue weighted by molar-refractivity contribution is 9.10. The monoisotopic (exact) mass is 283 g/mol. The molecule has 0 saturated carbocycles. The molecule has 2 rings (SSSR count). The molecule has 0 fully saturated rings. The fourth-order valence-electron chi connectivity index (χ4n) is 1.31. The molecule has 0 bridgehead atoms. The van der Waals surface area contributed by atoms with Crippen LogP contribution >= 0.6 is 15.9 Å². The number of nitrogens with zero attached hydrogens (tertiary/aromatic N) is 1. The lowest BCUT2D eigenvalue weighted by atomic mass is 10.1. The summed E-state index contributed by atoms with van der Waals surface area (Å²) in [6.45, 7) is 0. The van der Waals surface area contributed by atoms with Crippen LogP contribution in [0.5, 0.6) is 5.75 Å². The minimum Gasteiger partial charge on any atom is -0.507 e. The van der Waals surface area contributed by atoms with Crippen LogP contribution in [0.4, 0.5) is 0 Å². The van der Waals surface area contributed by atoms with Gasteiger partial charge in [-0.3, -0.25) is 0 Å². The van der Waals surface area contributed by atoms with Gasteiger partial charge in [0.25, 0.3) is 0 Å². The molecule has 5 nitrogen and oxygen atoms in total. The summed E-state index contributed by atoms with van der Waals surface area (Å²) >= 11 is 2.95. The maximum atomic E-state index is 11.0. The molecule has 0 aliphatic rings. The van der Waals surface area contributed by atoms with Crippen LogP contribution in [0.15, 0.2) is 33.5 Å². The van der Waals surface area contributed by atoms with Gasteiger partial charge in [0.2, 0.25) is 4.67 Å². The number of carboxylic acid groups (broad SMARTS) is 1. The molecule has 6 heteroatoms. The average molecular weight is 284 g/mol. The molecule has 0 radical (unpaired) electrons. The van der Waals surface area contributed by atoms with Crippen LogP contribution in [0, 0.1) is 0 Å². The van der Waals surface area contributed by atoms with E-state index >= 15 is 0 Å². The molecule has 0 unspecified atom stereocenters. The number of hydrogen-bond acceptors (Lipinski definition) is 4. The van der Waals surface area contributed by atoms with E-state index in [9.17, 15) is 9.90 Å². The molecule has 1 aromatic carbocycles. The van der Waals surface area contributed by atoms with Gasteiger partial charge in [0.1, 0.15) is 17.0 Å². The number of aromatic nitrogens is 1. The Morgan fingerprint density at radius 1 is 1.38 bits per heavy atom. The van der Waals surface area contributed by atoms with Gasteiger partial charge in [-0.05, 0) is 28.1 Å². The van der Waals surface area contributed by atoms with Gasteiger partial charge < -0.3 is 14.7 Å². The fourth-order valence-corrected chi connectivity index (χ4v) is 1.74. The lowest BCUT2D eigenvalue weighted by Gasteiger charge is -2.00. The molecule has 0 spiro atoms. The number of rotatable bonds is 2. The van der Waals surface area contributed by atoms with E-state index in [4.69, 9.17) is 9.63 Å². The largest absolute Gasteiger partial charge is 0.507 e. The Bertz CT molecular complexity index is 550. The van der Waals surface area contributed by atoms with E-state index in [1.54, 1.807) is 18.2 Å². The van der Waals surface area contributed by atoms with Gasteiger partial charge in [-0.25, -0.2) is 4.79 Å². The summed E-state index contributed by atoms with van der Waals surface area (Å²) < 4.78 is 4.77. The second kappa shape index (κ2) is 3.97. The van der Waals surface area contributed by atoms with Crippen LogP contribution in [0.3, 0.4) is 0 Å². The zero-order valence-electron chi connectivity index (χ0n) is 7.85. The molecule has 1 aromatic heterocycles. The molecule has 2 aromatic rings. The van der Waals surface area contributed by atoms with Crippen molar-refractivity contribution >= 4 is 21.9 Å². The maximum Gasteiger partial charge on any atom is 0.342 e. The number of hydrogen-bond donors (Lipinski definition) is 2. The van der Waals surface area contributed by atoms with Crippen LogP contribution in [0.25, 0.3) is 11.3 Å². The zero-order chi connectivity index (χ0) is 11.7. The van der Waals surface area contributed by atoms with Gasteiger partial charge in [0.05, 0.1) is 0 Å². The average Bonchev–Trinajstić information content (AvgIpc) is 2.61. The van der Waals surface area contributed by atoms with Crippen LogP contribution < -0.4 is 0 Å². The fraction of sp³-hybridized carbons (Fsp3) is 0. The van der Waals surface area contributed by atoms with Crippen molar-refractivity contribution in [2.45, 2.75) is 0 Å². The van der Waals surface area contributed by atoms with Crippen molar-refractivity contribution < 1.29 is 19.5 Å². The van der Waals surface area contributed by atoms with Crippen molar-refractivity contribution in [3.63, 3.8) is 0 Å². The van der Waals surface area contributed by atoms with Crippen molar-refractivity contribution in [1.82, 2.24) is 5.16 Å².